The number of carboxylic acid groups (broad SMARTS) is 1. The number of hydrogen-bond donors (Lipinski definition) is 5. The number of carbonyl (C=O) groups excluding carboxylic acids is 1. The minimum atomic E-state index is -0.861. The van der Waals surface area contributed by atoms with Crippen molar-refractivity contribution in [3.8, 4) is 0 Å². The van der Waals surface area contributed by atoms with Gasteiger partial charge in [-0.1, -0.05) is 31.9 Å². The van der Waals surface area contributed by atoms with Crippen molar-refractivity contribution in [1.29, 1.82) is 0 Å². The maximum Gasteiger partial charge on any atom is 0.336 e. The maximum atomic E-state index is 12.9. The minimum Gasteiger partial charge on any atom is -0.478 e. The molecule has 11 nitrogen and oxygen atoms in total. The summed E-state index contributed by atoms with van der Waals surface area (Å²) in [6.45, 7) is 18.4. The molecule has 1 amide bonds. The number of pyridine rings is 2. The molecule has 308 valence electrons. The van der Waals surface area contributed by atoms with E-state index in [1.807, 2.05) is 65.8 Å². The molecule has 2 aliphatic rings. The van der Waals surface area contributed by atoms with Crippen LogP contribution in [0.25, 0.3) is 0 Å². The predicted octanol–water partition coefficient (Wildman–Crippen LogP) is 8.66. The van der Waals surface area contributed by atoms with Gasteiger partial charge in [0.2, 0.25) is 0 Å². The van der Waals surface area contributed by atoms with Crippen molar-refractivity contribution >= 4 is 55.1 Å². The first-order valence-electron chi connectivity index (χ1n) is 19.7. The van der Waals surface area contributed by atoms with Gasteiger partial charge in [0.15, 0.2) is 0 Å². The van der Waals surface area contributed by atoms with Crippen molar-refractivity contribution in [2.75, 3.05) is 22.9 Å². The summed E-state index contributed by atoms with van der Waals surface area (Å²) in [6, 6.07) is 12.4. The molecule has 4 aromatic rings. The van der Waals surface area contributed by atoms with E-state index in [0.717, 1.165) is 67.1 Å². The van der Waals surface area contributed by atoms with Crippen LogP contribution in [0.2, 0.25) is 0 Å². The highest BCUT2D eigenvalue weighted by Gasteiger charge is 2.24. The van der Waals surface area contributed by atoms with E-state index in [1.165, 1.54) is 38.5 Å². The van der Waals surface area contributed by atoms with Crippen molar-refractivity contribution < 1.29 is 14.7 Å². The number of benzene rings is 2. The second-order valence-electron chi connectivity index (χ2n) is 15.3. The Kier molecular flexibility index (Phi) is 16.3. The van der Waals surface area contributed by atoms with Gasteiger partial charge in [-0.25, -0.2) is 4.79 Å². The Bertz CT molecular complexity index is 2200. The smallest absolute Gasteiger partial charge is 0.336 e. The van der Waals surface area contributed by atoms with Gasteiger partial charge < -0.3 is 35.9 Å². The Labute approximate surface area is 353 Å². The summed E-state index contributed by atoms with van der Waals surface area (Å²) in [5.41, 5.74) is 15.0. The minimum absolute atomic E-state index is 0.0648. The molecule has 0 radical (unpaired) electrons. The lowest BCUT2D eigenvalue weighted by molar-refractivity contribution is 0.0695. The maximum absolute atomic E-state index is 12.9. The first-order chi connectivity index (χ1) is 26.9. The van der Waals surface area contributed by atoms with E-state index in [4.69, 9.17) is 5.73 Å². The van der Waals surface area contributed by atoms with Gasteiger partial charge >= 0.3 is 5.97 Å². The van der Waals surface area contributed by atoms with Crippen molar-refractivity contribution in [2.24, 2.45) is 5.73 Å². The number of piperidine rings is 2. The first kappa shape index (κ1) is 45.5. The van der Waals surface area contributed by atoms with Crippen LogP contribution in [-0.2, 0) is 13.1 Å². The van der Waals surface area contributed by atoms with E-state index >= 15 is 0 Å². The van der Waals surface area contributed by atoms with Gasteiger partial charge in [0.05, 0.1) is 5.56 Å². The molecule has 4 heterocycles. The number of amides is 1. The second kappa shape index (κ2) is 20.5. The first-order valence-corrected chi connectivity index (χ1v) is 21.3. The molecule has 57 heavy (non-hydrogen) atoms. The van der Waals surface area contributed by atoms with Crippen LogP contribution in [0.15, 0.2) is 54.9 Å². The van der Waals surface area contributed by atoms with Crippen molar-refractivity contribution in [1.82, 2.24) is 15.3 Å². The standard InChI is InChI=1S/C22H28BrN3O2.C14H18BrNO2.C8H12N2O/c1-13-9-14(2)25-22(28)19(13)12-24-21(27)18-10-17(23)11-20(16(18)4)26-8-6-5-7-15(26)3;1-9-5-3-4-6-16(9)13-8-11(15)7-12(10(13)2)14(17)18;1-5-3-6(2)10-8(11)7(5)4-9/h9-11,15H,5-8,12H2,1-4H3,(H,24,27)(H,25,28);7-9H,3-6H2,1-2H3,(H,17,18);3H,4,9H2,1-2H3,(H,10,11). The topological polar surface area (TPSA) is 165 Å². The van der Waals surface area contributed by atoms with Gasteiger partial charge in [0.25, 0.3) is 17.0 Å². The quantitative estimate of drug-likeness (QED) is 0.123. The molecule has 2 unspecified atom stereocenters. The van der Waals surface area contributed by atoms with E-state index < -0.39 is 5.97 Å². The number of aryl methyl sites for hydroxylation is 4. The van der Waals surface area contributed by atoms with Crippen LogP contribution < -0.4 is 32.0 Å². The highest BCUT2D eigenvalue weighted by atomic mass is 79.9. The Balaban J connectivity index is 0.000000211. The molecule has 0 bridgehead atoms. The summed E-state index contributed by atoms with van der Waals surface area (Å²) in [5.74, 6) is -1.02. The van der Waals surface area contributed by atoms with Crippen molar-refractivity contribution in [3.05, 3.63) is 122 Å². The van der Waals surface area contributed by atoms with Crippen LogP contribution in [0.4, 0.5) is 11.4 Å². The third-order valence-corrected chi connectivity index (χ3v) is 11.9. The summed E-state index contributed by atoms with van der Waals surface area (Å²) in [5, 5.41) is 12.2. The van der Waals surface area contributed by atoms with Gasteiger partial charge in [0, 0.05) is 86.7 Å². The van der Waals surface area contributed by atoms with Crippen LogP contribution in [0.1, 0.15) is 118 Å². The Morgan fingerprint density at radius 1 is 0.719 bits per heavy atom. The largest absolute Gasteiger partial charge is 0.478 e. The highest BCUT2D eigenvalue weighted by molar-refractivity contribution is 9.10. The number of carboxylic acids is 1. The van der Waals surface area contributed by atoms with Crippen LogP contribution in [-0.4, -0.2) is 52.1 Å². The SMILES string of the molecule is Cc1c(C(=O)O)cc(Br)cc1N1CCCCC1C.Cc1cc(C)c(CN)c(=O)[nH]1.Cc1cc(C)c(CNC(=O)c2cc(Br)cc(N3CCCCC3C)c2C)c(=O)[nH]1. The molecule has 2 aliphatic heterocycles. The fourth-order valence-corrected chi connectivity index (χ4v) is 8.69. The zero-order valence-electron chi connectivity index (χ0n) is 34.5. The lowest BCUT2D eigenvalue weighted by Crippen LogP contribution is -2.38. The molecule has 0 aliphatic carbocycles. The summed E-state index contributed by atoms with van der Waals surface area (Å²) >= 11 is 6.98. The van der Waals surface area contributed by atoms with Crippen molar-refractivity contribution in [2.45, 2.75) is 119 Å². The fourth-order valence-electron chi connectivity index (χ4n) is 7.80. The molecule has 0 saturated carbocycles. The monoisotopic (exact) mass is 908 g/mol. The molecular formula is C44H58Br2N6O5. The van der Waals surface area contributed by atoms with Crippen LogP contribution >= 0.6 is 31.9 Å². The van der Waals surface area contributed by atoms with E-state index in [-0.39, 0.29) is 23.6 Å². The number of nitrogens with two attached hydrogens (primary N) is 1. The molecule has 2 saturated heterocycles. The number of nitrogens with one attached hydrogen (secondary N) is 3. The predicted molar refractivity (Wildman–Crippen MR) is 238 cm³/mol. The number of halogens is 2. The van der Waals surface area contributed by atoms with Gasteiger partial charge in [0.1, 0.15) is 0 Å². The van der Waals surface area contributed by atoms with Gasteiger partial charge in [-0.15, -0.1) is 0 Å². The Morgan fingerprint density at radius 3 is 1.58 bits per heavy atom. The van der Waals surface area contributed by atoms with Crippen LogP contribution in [0.5, 0.6) is 0 Å². The van der Waals surface area contributed by atoms with E-state index in [0.29, 0.717) is 40.9 Å². The summed E-state index contributed by atoms with van der Waals surface area (Å²) in [7, 11) is 0. The third-order valence-electron chi connectivity index (χ3n) is 11.0. The third kappa shape index (κ3) is 11.7. The molecular weight excluding hydrogens is 852 g/mol. The molecule has 6 N–H and O–H groups in total. The van der Waals surface area contributed by atoms with Gasteiger partial charge in [-0.05, 0) is 153 Å². The number of anilines is 2. The highest BCUT2D eigenvalue weighted by Crippen LogP contribution is 2.34. The summed E-state index contributed by atoms with van der Waals surface area (Å²) < 4.78 is 1.72. The molecule has 13 heteroatoms. The van der Waals surface area contributed by atoms with Gasteiger partial charge in [-0.3, -0.25) is 14.4 Å². The average molecular weight is 911 g/mol. The Morgan fingerprint density at radius 2 is 1.16 bits per heavy atom. The molecule has 2 fully saturated rings. The molecule has 2 aromatic heterocycles. The molecule has 2 atom stereocenters. The van der Waals surface area contributed by atoms with E-state index in [2.05, 4.69) is 76.9 Å². The number of hydrogen-bond acceptors (Lipinski definition) is 7. The van der Waals surface area contributed by atoms with E-state index in [1.54, 1.807) is 6.07 Å². The Hall–Kier alpha value is -4.20. The lowest BCUT2D eigenvalue weighted by atomic mass is 9.99. The van der Waals surface area contributed by atoms with Crippen LogP contribution in [0, 0.1) is 41.5 Å². The van der Waals surface area contributed by atoms with E-state index in [9.17, 15) is 24.3 Å². The summed E-state index contributed by atoms with van der Waals surface area (Å²) in [6.07, 6.45) is 7.21. The zero-order valence-corrected chi connectivity index (χ0v) is 37.7. The average Bonchev–Trinajstić information content (AvgIpc) is 3.13. The normalized spacial score (nSPS) is 16.5. The molecule has 6 rings (SSSR count). The number of aromatic amines is 2. The number of H-pyrrole nitrogens is 2. The van der Waals surface area contributed by atoms with Crippen LogP contribution in [0.3, 0.4) is 0 Å². The summed E-state index contributed by atoms with van der Waals surface area (Å²) in [4.78, 5) is 57.8. The van der Waals surface area contributed by atoms with Gasteiger partial charge in [-0.2, -0.15) is 0 Å². The number of carbonyl (C=O) groups is 2. The second-order valence-corrected chi connectivity index (χ2v) is 17.2. The number of nitrogens with zero attached hydrogens (tertiary/aromatic N) is 2. The van der Waals surface area contributed by atoms with Crippen molar-refractivity contribution in [3.63, 3.8) is 0 Å². The fraction of sp³-hybridized carbons (Fsp3) is 0.455. The number of aromatic nitrogens is 2. The number of aromatic carboxylic acids is 1. The molecule has 0 spiro atoms. The lowest BCUT2D eigenvalue weighted by Gasteiger charge is -2.37. The number of rotatable bonds is 7. The zero-order chi connectivity index (χ0) is 42.1. The molecule has 2 aromatic carbocycles.